The number of aromatic nitrogens is 3. The number of anilines is 1. The summed E-state index contributed by atoms with van der Waals surface area (Å²) in [5.41, 5.74) is 2.34. The monoisotopic (exact) mass is 449 g/mol. The van der Waals surface area contributed by atoms with Gasteiger partial charge in [-0.1, -0.05) is 28.1 Å². The van der Waals surface area contributed by atoms with Crippen LogP contribution >= 0.6 is 27.3 Å². The first kappa shape index (κ1) is 19.2. The van der Waals surface area contributed by atoms with Crippen LogP contribution in [0, 0.1) is 30.9 Å². The Labute approximate surface area is 167 Å². The van der Waals surface area contributed by atoms with Gasteiger partial charge in [0.05, 0.1) is 10.6 Å². The lowest BCUT2D eigenvalue weighted by atomic mass is 10.1. The Kier molecular flexibility index (Phi) is 5.38. The first-order chi connectivity index (χ1) is 12.8. The molecule has 0 unspecified atom stereocenters. The van der Waals surface area contributed by atoms with Gasteiger partial charge in [-0.05, 0) is 32.9 Å². The van der Waals surface area contributed by atoms with Gasteiger partial charge < -0.3 is 5.32 Å². The molecule has 8 nitrogen and oxygen atoms in total. The number of benzene rings is 1. The van der Waals surface area contributed by atoms with Crippen molar-refractivity contribution in [1.29, 1.82) is 0 Å². The third kappa shape index (κ3) is 4.06. The number of hydrogen-bond donors (Lipinski definition) is 1. The molecule has 27 heavy (non-hydrogen) atoms. The van der Waals surface area contributed by atoms with Gasteiger partial charge in [0.15, 0.2) is 5.13 Å². The lowest BCUT2D eigenvalue weighted by Crippen LogP contribution is -2.20. The molecule has 0 spiro atoms. The van der Waals surface area contributed by atoms with Crippen LogP contribution in [0.25, 0.3) is 11.3 Å². The van der Waals surface area contributed by atoms with E-state index in [-0.39, 0.29) is 23.8 Å². The molecule has 0 aliphatic rings. The Morgan fingerprint density at radius 2 is 1.96 bits per heavy atom. The average molecular weight is 450 g/mol. The standard InChI is InChI=1S/C17H16BrN5O3S/c1-9-16(23(25)26)10(2)22(21-9)8-14(24)19-17-20-15(11(3)27-17)12-4-6-13(18)7-5-12/h4-7H,8H2,1-3H3,(H,19,20,24). The zero-order chi connectivity index (χ0) is 19.7. The molecule has 0 aliphatic carbocycles. The number of aryl methyl sites for hydroxylation is 2. The topological polar surface area (TPSA) is 103 Å². The number of thiazole rings is 1. The van der Waals surface area contributed by atoms with Gasteiger partial charge in [0, 0.05) is 14.9 Å². The maximum atomic E-state index is 12.3. The van der Waals surface area contributed by atoms with Crippen molar-refractivity contribution in [2.75, 3.05) is 5.32 Å². The predicted molar refractivity (Wildman–Crippen MR) is 107 cm³/mol. The Morgan fingerprint density at radius 1 is 1.30 bits per heavy atom. The second kappa shape index (κ2) is 7.57. The summed E-state index contributed by atoms with van der Waals surface area (Å²) < 4.78 is 2.31. The number of carbonyl (C=O) groups is 1. The van der Waals surface area contributed by atoms with E-state index < -0.39 is 4.92 Å². The number of carbonyl (C=O) groups excluding carboxylic acids is 1. The zero-order valence-corrected chi connectivity index (χ0v) is 17.2. The average Bonchev–Trinajstić information content (AvgIpc) is 3.07. The third-order valence-corrected chi connectivity index (χ3v) is 5.39. The summed E-state index contributed by atoms with van der Waals surface area (Å²) in [6.45, 7) is 4.95. The molecule has 0 atom stereocenters. The van der Waals surface area contributed by atoms with Crippen LogP contribution in [0.2, 0.25) is 0 Å². The molecule has 0 saturated heterocycles. The van der Waals surface area contributed by atoms with E-state index in [4.69, 9.17) is 0 Å². The number of halogens is 1. The van der Waals surface area contributed by atoms with Crippen molar-refractivity contribution >= 4 is 44.0 Å². The number of nitro groups is 1. The van der Waals surface area contributed by atoms with Gasteiger partial charge in [-0.15, -0.1) is 11.3 Å². The van der Waals surface area contributed by atoms with Gasteiger partial charge in [0.1, 0.15) is 17.9 Å². The molecule has 140 valence electrons. The van der Waals surface area contributed by atoms with Crippen LogP contribution in [0.1, 0.15) is 16.3 Å². The van der Waals surface area contributed by atoms with E-state index in [1.807, 2.05) is 31.2 Å². The van der Waals surface area contributed by atoms with E-state index in [9.17, 15) is 14.9 Å². The third-order valence-electron chi connectivity index (χ3n) is 3.98. The van der Waals surface area contributed by atoms with E-state index in [1.165, 1.54) is 16.0 Å². The van der Waals surface area contributed by atoms with Gasteiger partial charge in [0.2, 0.25) is 5.91 Å². The molecule has 3 aromatic rings. The van der Waals surface area contributed by atoms with Crippen molar-refractivity contribution in [2.24, 2.45) is 0 Å². The van der Waals surface area contributed by atoms with E-state index in [2.05, 4.69) is 31.3 Å². The van der Waals surface area contributed by atoms with E-state index in [0.717, 1.165) is 20.6 Å². The molecule has 2 heterocycles. The van der Waals surface area contributed by atoms with Crippen LogP contribution in [-0.2, 0) is 11.3 Å². The first-order valence-electron chi connectivity index (χ1n) is 7.98. The molecular formula is C17H16BrN5O3S. The first-order valence-corrected chi connectivity index (χ1v) is 9.59. The van der Waals surface area contributed by atoms with Crippen molar-refractivity contribution in [2.45, 2.75) is 27.3 Å². The minimum atomic E-state index is -0.485. The molecular weight excluding hydrogens is 434 g/mol. The molecule has 10 heteroatoms. The van der Waals surface area contributed by atoms with Crippen molar-refractivity contribution in [1.82, 2.24) is 14.8 Å². The van der Waals surface area contributed by atoms with Crippen molar-refractivity contribution in [3.05, 3.63) is 55.1 Å². The molecule has 1 N–H and O–H groups in total. The lowest BCUT2D eigenvalue weighted by molar-refractivity contribution is -0.386. The Balaban J connectivity index is 1.76. The summed E-state index contributed by atoms with van der Waals surface area (Å²) in [6, 6.07) is 7.77. The minimum Gasteiger partial charge on any atom is -0.300 e. The van der Waals surface area contributed by atoms with E-state index in [0.29, 0.717) is 10.8 Å². The van der Waals surface area contributed by atoms with Gasteiger partial charge in [-0.25, -0.2) is 4.98 Å². The highest BCUT2D eigenvalue weighted by Gasteiger charge is 2.23. The summed E-state index contributed by atoms with van der Waals surface area (Å²) in [5.74, 6) is -0.341. The number of nitrogens with zero attached hydrogens (tertiary/aromatic N) is 4. The molecule has 0 saturated carbocycles. The largest absolute Gasteiger partial charge is 0.312 e. The van der Waals surface area contributed by atoms with Crippen molar-refractivity contribution in [3.63, 3.8) is 0 Å². The highest BCUT2D eigenvalue weighted by atomic mass is 79.9. The second-order valence-electron chi connectivity index (χ2n) is 5.91. The van der Waals surface area contributed by atoms with Crippen molar-refractivity contribution in [3.8, 4) is 11.3 Å². The van der Waals surface area contributed by atoms with Crippen LogP contribution in [0.4, 0.5) is 10.8 Å². The summed E-state index contributed by atoms with van der Waals surface area (Å²) >= 11 is 4.78. The summed E-state index contributed by atoms with van der Waals surface area (Å²) in [7, 11) is 0. The highest BCUT2D eigenvalue weighted by Crippen LogP contribution is 2.31. The number of nitrogens with one attached hydrogen (secondary N) is 1. The number of rotatable bonds is 5. The molecule has 2 aromatic heterocycles. The summed E-state index contributed by atoms with van der Waals surface area (Å²) in [4.78, 5) is 28.4. The Morgan fingerprint density at radius 3 is 2.56 bits per heavy atom. The Bertz CT molecular complexity index is 1030. The molecule has 0 bridgehead atoms. The SMILES string of the molecule is Cc1nn(CC(=O)Nc2nc(-c3ccc(Br)cc3)c(C)s2)c(C)c1[N+](=O)[O-]. The molecule has 1 amide bonds. The van der Waals surface area contributed by atoms with Crippen LogP contribution in [0.5, 0.6) is 0 Å². The smallest absolute Gasteiger partial charge is 0.300 e. The molecule has 0 aliphatic heterocycles. The predicted octanol–water partition coefficient (Wildman–Crippen LogP) is 4.24. The van der Waals surface area contributed by atoms with Crippen LogP contribution < -0.4 is 5.32 Å². The van der Waals surface area contributed by atoms with E-state index in [1.54, 1.807) is 13.8 Å². The van der Waals surface area contributed by atoms with Crippen LogP contribution in [-0.4, -0.2) is 25.6 Å². The fourth-order valence-electron chi connectivity index (χ4n) is 2.73. The quantitative estimate of drug-likeness (QED) is 0.463. The van der Waals surface area contributed by atoms with Gasteiger partial charge >= 0.3 is 5.69 Å². The second-order valence-corrected chi connectivity index (χ2v) is 8.03. The maximum Gasteiger partial charge on any atom is 0.312 e. The minimum absolute atomic E-state index is 0.0644. The van der Waals surface area contributed by atoms with Crippen LogP contribution in [0.15, 0.2) is 28.7 Å². The summed E-state index contributed by atoms with van der Waals surface area (Å²) in [6.07, 6.45) is 0. The zero-order valence-electron chi connectivity index (χ0n) is 14.8. The summed E-state index contributed by atoms with van der Waals surface area (Å²) in [5, 5.41) is 18.4. The number of hydrogen-bond acceptors (Lipinski definition) is 6. The normalized spacial score (nSPS) is 10.8. The number of amides is 1. The van der Waals surface area contributed by atoms with Gasteiger partial charge in [-0.3, -0.25) is 19.6 Å². The van der Waals surface area contributed by atoms with Crippen LogP contribution in [0.3, 0.4) is 0 Å². The molecule has 1 aromatic carbocycles. The van der Waals surface area contributed by atoms with E-state index >= 15 is 0 Å². The van der Waals surface area contributed by atoms with Crippen molar-refractivity contribution < 1.29 is 9.72 Å². The molecule has 3 rings (SSSR count). The highest BCUT2D eigenvalue weighted by molar-refractivity contribution is 9.10. The Hall–Kier alpha value is -2.59. The molecule has 0 fully saturated rings. The van der Waals surface area contributed by atoms with Gasteiger partial charge in [-0.2, -0.15) is 5.10 Å². The lowest BCUT2D eigenvalue weighted by Gasteiger charge is -2.03. The maximum absolute atomic E-state index is 12.3. The fourth-order valence-corrected chi connectivity index (χ4v) is 3.84. The van der Waals surface area contributed by atoms with Gasteiger partial charge in [0.25, 0.3) is 0 Å². The fraction of sp³-hybridized carbons (Fsp3) is 0.235. The molecule has 0 radical (unpaired) electrons.